The zero-order chi connectivity index (χ0) is 15.8. The van der Waals surface area contributed by atoms with Gasteiger partial charge in [-0.05, 0) is 36.2 Å². The van der Waals surface area contributed by atoms with Crippen LogP contribution in [0.3, 0.4) is 0 Å². The Morgan fingerprint density at radius 2 is 1.77 bits per heavy atom. The summed E-state index contributed by atoms with van der Waals surface area (Å²) in [6, 6.07) is 16.9. The quantitative estimate of drug-likeness (QED) is 0.749. The van der Waals surface area contributed by atoms with E-state index in [0.29, 0.717) is 24.3 Å². The van der Waals surface area contributed by atoms with E-state index in [2.05, 4.69) is 0 Å². The van der Waals surface area contributed by atoms with E-state index in [4.69, 9.17) is 4.74 Å². The predicted octanol–water partition coefficient (Wildman–Crippen LogP) is 4.00. The van der Waals surface area contributed by atoms with Crippen LogP contribution in [0.4, 0.5) is 0 Å². The van der Waals surface area contributed by atoms with Gasteiger partial charge < -0.3 is 9.84 Å². The van der Waals surface area contributed by atoms with E-state index in [-0.39, 0.29) is 5.78 Å². The van der Waals surface area contributed by atoms with Crippen molar-refractivity contribution in [1.82, 2.24) is 0 Å². The number of rotatable bonds is 8. The highest BCUT2D eigenvalue weighted by Gasteiger charge is 2.16. The molecule has 116 valence electrons. The molecule has 0 saturated carbocycles. The first kappa shape index (κ1) is 16.2. The molecule has 3 heteroatoms. The highest BCUT2D eigenvalue weighted by atomic mass is 16.5. The van der Waals surface area contributed by atoms with Gasteiger partial charge in [-0.1, -0.05) is 50.1 Å². The van der Waals surface area contributed by atoms with Gasteiger partial charge in [-0.3, -0.25) is 4.79 Å². The summed E-state index contributed by atoms with van der Waals surface area (Å²) < 4.78 is 5.68. The second-order valence-corrected chi connectivity index (χ2v) is 5.32. The summed E-state index contributed by atoms with van der Waals surface area (Å²) in [6.45, 7) is 2.53. The number of ketones is 1. The lowest BCUT2D eigenvalue weighted by atomic mass is 10.0. The SMILES string of the molecule is CCCCC(O)C(=O)c1ccc(OCc2ccccc2)cc1. The molecular weight excluding hydrogens is 276 g/mol. The molecule has 1 N–H and O–H groups in total. The van der Waals surface area contributed by atoms with Crippen molar-refractivity contribution in [2.45, 2.75) is 38.9 Å². The fourth-order valence-corrected chi connectivity index (χ4v) is 2.18. The minimum absolute atomic E-state index is 0.219. The maximum atomic E-state index is 12.1. The molecule has 2 rings (SSSR count). The maximum absolute atomic E-state index is 12.1. The van der Waals surface area contributed by atoms with Crippen molar-refractivity contribution in [2.24, 2.45) is 0 Å². The smallest absolute Gasteiger partial charge is 0.191 e. The van der Waals surface area contributed by atoms with Crippen LogP contribution in [0.15, 0.2) is 54.6 Å². The molecule has 1 unspecified atom stereocenters. The molecule has 0 aliphatic rings. The number of hydrogen-bond acceptors (Lipinski definition) is 3. The van der Waals surface area contributed by atoms with E-state index in [0.717, 1.165) is 18.4 Å². The Morgan fingerprint density at radius 1 is 1.09 bits per heavy atom. The Bertz CT molecular complexity index is 575. The third-order valence-electron chi connectivity index (χ3n) is 3.52. The van der Waals surface area contributed by atoms with Crippen LogP contribution in [0.2, 0.25) is 0 Å². The number of Topliss-reactive ketones (excluding diaryl/α,β-unsaturated/α-hetero) is 1. The lowest BCUT2D eigenvalue weighted by Crippen LogP contribution is -2.20. The molecule has 0 amide bonds. The van der Waals surface area contributed by atoms with Crippen molar-refractivity contribution < 1.29 is 14.6 Å². The maximum Gasteiger partial charge on any atom is 0.191 e. The van der Waals surface area contributed by atoms with E-state index in [1.165, 1.54) is 0 Å². The predicted molar refractivity (Wildman–Crippen MR) is 87.1 cm³/mol. The van der Waals surface area contributed by atoms with Crippen LogP contribution >= 0.6 is 0 Å². The molecule has 2 aromatic carbocycles. The fraction of sp³-hybridized carbons (Fsp3) is 0.316. The Hall–Kier alpha value is -2.13. The fourth-order valence-electron chi connectivity index (χ4n) is 2.18. The molecule has 3 nitrogen and oxygen atoms in total. The number of aliphatic hydroxyl groups is 1. The van der Waals surface area contributed by atoms with Crippen LogP contribution in [0.5, 0.6) is 5.75 Å². The van der Waals surface area contributed by atoms with Crippen LogP contribution in [0.25, 0.3) is 0 Å². The molecule has 0 bridgehead atoms. The van der Waals surface area contributed by atoms with Crippen LogP contribution in [-0.2, 0) is 6.61 Å². The number of carbonyl (C=O) groups is 1. The molecule has 22 heavy (non-hydrogen) atoms. The minimum atomic E-state index is -0.906. The first-order chi connectivity index (χ1) is 10.7. The van der Waals surface area contributed by atoms with Gasteiger partial charge in [-0.25, -0.2) is 0 Å². The van der Waals surface area contributed by atoms with Crippen molar-refractivity contribution >= 4 is 5.78 Å². The average Bonchev–Trinajstić information content (AvgIpc) is 2.58. The van der Waals surface area contributed by atoms with Crippen molar-refractivity contribution in [3.63, 3.8) is 0 Å². The van der Waals surface area contributed by atoms with E-state index >= 15 is 0 Å². The molecule has 0 radical (unpaired) electrons. The van der Waals surface area contributed by atoms with Gasteiger partial charge in [0.05, 0.1) is 0 Å². The molecule has 0 aromatic heterocycles. The molecule has 0 aliphatic carbocycles. The topological polar surface area (TPSA) is 46.5 Å². The summed E-state index contributed by atoms with van der Waals surface area (Å²) in [5.41, 5.74) is 1.62. The van der Waals surface area contributed by atoms with Crippen molar-refractivity contribution in [1.29, 1.82) is 0 Å². The molecule has 1 atom stereocenters. The molecule has 0 aliphatic heterocycles. The van der Waals surface area contributed by atoms with E-state index in [1.807, 2.05) is 37.3 Å². The second kappa shape index (κ2) is 8.35. The number of hydrogen-bond donors (Lipinski definition) is 1. The van der Waals surface area contributed by atoms with Crippen molar-refractivity contribution in [3.05, 3.63) is 65.7 Å². The third kappa shape index (κ3) is 4.71. The summed E-state index contributed by atoms with van der Waals surface area (Å²) >= 11 is 0. The number of ether oxygens (including phenoxy) is 1. The average molecular weight is 298 g/mol. The summed E-state index contributed by atoms with van der Waals surface area (Å²) in [5.74, 6) is 0.492. The van der Waals surface area contributed by atoms with Crippen molar-refractivity contribution in [2.75, 3.05) is 0 Å². The largest absolute Gasteiger partial charge is 0.489 e. The molecular formula is C19H22O3. The molecule has 0 saturated heterocycles. The van der Waals surface area contributed by atoms with Gasteiger partial charge in [0.1, 0.15) is 18.5 Å². The molecule has 0 spiro atoms. The Morgan fingerprint density at radius 3 is 2.41 bits per heavy atom. The standard InChI is InChI=1S/C19H22O3/c1-2-3-9-18(20)19(21)16-10-12-17(13-11-16)22-14-15-7-5-4-6-8-15/h4-8,10-13,18,20H,2-3,9,14H2,1H3. The summed E-state index contributed by atoms with van der Waals surface area (Å²) in [5, 5.41) is 9.84. The van der Waals surface area contributed by atoms with Gasteiger partial charge >= 0.3 is 0 Å². The normalized spacial score (nSPS) is 11.9. The summed E-state index contributed by atoms with van der Waals surface area (Å²) in [7, 11) is 0. The van der Waals surface area contributed by atoms with Gasteiger partial charge in [-0.15, -0.1) is 0 Å². The number of benzene rings is 2. The number of carbonyl (C=O) groups excluding carboxylic acids is 1. The van der Waals surface area contributed by atoms with E-state index in [9.17, 15) is 9.90 Å². The van der Waals surface area contributed by atoms with Crippen LogP contribution in [-0.4, -0.2) is 17.0 Å². The summed E-state index contributed by atoms with van der Waals surface area (Å²) in [6.07, 6.45) is 1.43. The zero-order valence-corrected chi connectivity index (χ0v) is 12.9. The second-order valence-electron chi connectivity index (χ2n) is 5.32. The minimum Gasteiger partial charge on any atom is -0.489 e. The van der Waals surface area contributed by atoms with Crippen LogP contribution in [0.1, 0.15) is 42.1 Å². The van der Waals surface area contributed by atoms with Gasteiger partial charge in [0, 0.05) is 5.56 Å². The molecule has 0 heterocycles. The number of aliphatic hydroxyl groups excluding tert-OH is 1. The lowest BCUT2D eigenvalue weighted by molar-refractivity contribution is 0.0726. The van der Waals surface area contributed by atoms with Gasteiger partial charge in [0.25, 0.3) is 0 Å². The van der Waals surface area contributed by atoms with Gasteiger partial charge in [0.15, 0.2) is 5.78 Å². The number of unbranched alkanes of at least 4 members (excludes halogenated alkanes) is 1. The van der Waals surface area contributed by atoms with E-state index in [1.54, 1.807) is 24.3 Å². The third-order valence-corrected chi connectivity index (χ3v) is 3.52. The van der Waals surface area contributed by atoms with Gasteiger partial charge in [-0.2, -0.15) is 0 Å². The zero-order valence-electron chi connectivity index (χ0n) is 12.9. The van der Waals surface area contributed by atoms with Crippen molar-refractivity contribution in [3.8, 4) is 5.75 Å². The first-order valence-corrected chi connectivity index (χ1v) is 7.69. The molecule has 2 aromatic rings. The van der Waals surface area contributed by atoms with Gasteiger partial charge in [0.2, 0.25) is 0 Å². The monoisotopic (exact) mass is 298 g/mol. The lowest BCUT2D eigenvalue weighted by Gasteiger charge is -2.10. The highest BCUT2D eigenvalue weighted by molar-refractivity contribution is 5.99. The Balaban J connectivity index is 1.91. The summed E-state index contributed by atoms with van der Waals surface area (Å²) in [4.78, 5) is 12.1. The van der Waals surface area contributed by atoms with E-state index < -0.39 is 6.10 Å². The first-order valence-electron chi connectivity index (χ1n) is 7.69. The van der Waals surface area contributed by atoms with Crippen LogP contribution in [0, 0.1) is 0 Å². The Labute approximate surface area is 131 Å². The highest BCUT2D eigenvalue weighted by Crippen LogP contribution is 2.16. The van der Waals surface area contributed by atoms with Crippen LogP contribution < -0.4 is 4.74 Å². The molecule has 0 fully saturated rings. The Kier molecular flexibility index (Phi) is 6.16.